The number of carbonyl (C=O) groups excluding carboxylic acids is 1. The molecule has 104 valence electrons. The van der Waals surface area contributed by atoms with Crippen LogP contribution in [0.5, 0.6) is 5.75 Å². The standard InChI is InChI=1S/C15H22N2O2/c1-4-17(3)15(18)11(2)16-10-12-5-6-14-13(9-12)7-8-19-14/h5-6,9,11,16H,4,7-8,10H2,1-3H3. The van der Waals surface area contributed by atoms with Gasteiger partial charge in [-0.1, -0.05) is 12.1 Å². The summed E-state index contributed by atoms with van der Waals surface area (Å²) in [5.41, 5.74) is 2.46. The SMILES string of the molecule is CCN(C)C(=O)C(C)NCc1ccc2c(c1)CCO2. The third-order valence-electron chi connectivity index (χ3n) is 3.59. The molecule has 2 rings (SSSR count). The third-order valence-corrected chi connectivity index (χ3v) is 3.59. The van der Waals surface area contributed by atoms with Gasteiger partial charge in [0.25, 0.3) is 0 Å². The average molecular weight is 262 g/mol. The summed E-state index contributed by atoms with van der Waals surface area (Å²) in [5, 5.41) is 3.27. The van der Waals surface area contributed by atoms with Gasteiger partial charge in [0.2, 0.25) is 5.91 Å². The van der Waals surface area contributed by atoms with Gasteiger partial charge in [0.15, 0.2) is 0 Å². The van der Waals surface area contributed by atoms with Crippen molar-refractivity contribution in [3.63, 3.8) is 0 Å². The number of likely N-dealkylation sites (N-methyl/N-ethyl adjacent to an activating group) is 1. The Hall–Kier alpha value is -1.55. The Kier molecular flexibility index (Phi) is 4.43. The summed E-state index contributed by atoms with van der Waals surface area (Å²) in [4.78, 5) is 13.7. The van der Waals surface area contributed by atoms with Crippen LogP contribution in [0.4, 0.5) is 0 Å². The number of hydrogen-bond donors (Lipinski definition) is 1. The number of fused-ring (bicyclic) bond motifs is 1. The minimum Gasteiger partial charge on any atom is -0.493 e. The average Bonchev–Trinajstić information content (AvgIpc) is 2.90. The molecule has 0 saturated carbocycles. The van der Waals surface area contributed by atoms with Crippen LogP contribution in [0, 0.1) is 0 Å². The molecule has 19 heavy (non-hydrogen) atoms. The van der Waals surface area contributed by atoms with Gasteiger partial charge >= 0.3 is 0 Å². The highest BCUT2D eigenvalue weighted by Gasteiger charge is 2.16. The lowest BCUT2D eigenvalue weighted by molar-refractivity contribution is -0.131. The van der Waals surface area contributed by atoms with Gasteiger partial charge < -0.3 is 15.0 Å². The Bertz CT molecular complexity index is 459. The molecule has 0 saturated heterocycles. The second-order valence-electron chi connectivity index (χ2n) is 5.00. The van der Waals surface area contributed by atoms with Crippen LogP contribution in [0.3, 0.4) is 0 Å². The zero-order chi connectivity index (χ0) is 13.8. The topological polar surface area (TPSA) is 41.6 Å². The molecule has 1 unspecified atom stereocenters. The zero-order valence-corrected chi connectivity index (χ0v) is 11.9. The largest absolute Gasteiger partial charge is 0.493 e. The molecule has 1 aliphatic rings. The van der Waals surface area contributed by atoms with Crippen molar-refractivity contribution < 1.29 is 9.53 Å². The highest BCUT2D eigenvalue weighted by Crippen LogP contribution is 2.25. The number of nitrogens with zero attached hydrogens (tertiary/aromatic N) is 1. The number of hydrogen-bond acceptors (Lipinski definition) is 3. The van der Waals surface area contributed by atoms with Gasteiger partial charge in [-0.3, -0.25) is 4.79 Å². The molecule has 4 nitrogen and oxygen atoms in total. The Balaban J connectivity index is 1.90. The van der Waals surface area contributed by atoms with Gasteiger partial charge in [-0.2, -0.15) is 0 Å². The maximum absolute atomic E-state index is 11.9. The summed E-state index contributed by atoms with van der Waals surface area (Å²) in [6.07, 6.45) is 0.982. The molecule has 0 fully saturated rings. The Morgan fingerprint density at radius 3 is 3.05 bits per heavy atom. The molecule has 1 atom stereocenters. The minimum absolute atomic E-state index is 0.131. The van der Waals surface area contributed by atoms with E-state index in [0.29, 0.717) is 6.54 Å². The molecule has 0 aromatic heterocycles. The summed E-state index contributed by atoms with van der Waals surface area (Å²) >= 11 is 0. The first-order chi connectivity index (χ1) is 9.11. The lowest BCUT2D eigenvalue weighted by atomic mass is 10.1. The fourth-order valence-electron chi connectivity index (χ4n) is 2.19. The third kappa shape index (κ3) is 3.26. The summed E-state index contributed by atoms with van der Waals surface area (Å²) in [6.45, 7) is 6.11. The second kappa shape index (κ2) is 6.06. The fraction of sp³-hybridized carbons (Fsp3) is 0.533. The van der Waals surface area contributed by atoms with E-state index in [2.05, 4.69) is 17.4 Å². The molecule has 1 aromatic carbocycles. The van der Waals surface area contributed by atoms with Crippen LogP contribution in [0.15, 0.2) is 18.2 Å². The molecule has 1 aromatic rings. The van der Waals surface area contributed by atoms with E-state index in [4.69, 9.17) is 4.74 Å². The van der Waals surface area contributed by atoms with E-state index in [0.717, 1.165) is 25.3 Å². The van der Waals surface area contributed by atoms with Crippen molar-refractivity contribution in [3.05, 3.63) is 29.3 Å². The van der Waals surface area contributed by atoms with E-state index in [9.17, 15) is 4.79 Å². The van der Waals surface area contributed by atoms with Gasteiger partial charge in [-0.15, -0.1) is 0 Å². The molecular weight excluding hydrogens is 240 g/mol. The smallest absolute Gasteiger partial charge is 0.239 e. The first-order valence-corrected chi connectivity index (χ1v) is 6.84. The predicted octanol–water partition coefficient (Wildman–Crippen LogP) is 1.58. The number of carbonyl (C=O) groups is 1. The summed E-state index contributed by atoms with van der Waals surface area (Å²) in [7, 11) is 1.83. The van der Waals surface area contributed by atoms with E-state index in [1.54, 1.807) is 4.90 Å². The number of nitrogens with one attached hydrogen (secondary N) is 1. The van der Waals surface area contributed by atoms with Crippen LogP contribution in [-0.2, 0) is 17.8 Å². The predicted molar refractivity (Wildman–Crippen MR) is 75.3 cm³/mol. The van der Waals surface area contributed by atoms with Gasteiger partial charge in [0, 0.05) is 26.6 Å². The first kappa shape index (κ1) is 13.9. The normalized spacial score (nSPS) is 14.7. The van der Waals surface area contributed by atoms with Crippen molar-refractivity contribution in [2.45, 2.75) is 32.9 Å². The lowest BCUT2D eigenvalue weighted by Crippen LogP contribution is -2.42. The minimum atomic E-state index is -0.158. The van der Waals surface area contributed by atoms with Crippen LogP contribution in [-0.4, -0.2) is 37.0 Å². The summed E-state index contributed by atoms with van der Waals surface area (Å²) < 4.78 is 5.48. The van der Waals surface area contributed by atoms with Crippen LogP contribution in [0.2, 0.25) is 0 Å². The van der Waals surface area contributed by atoms with Crippen molar-refractivity contribution in [1.29, 1.82) is 0 Å². The van der Waals surface area contributed by atoms with Crippen molar-refractivity contribution >= 4 is 5.91 Å². The molecule has 0 spiro atoms. The quantitative estimate of drug-likeness (QED) is 0.876. The maximum Gasteiger partial charge on any atom is 0.239 e. The van der Waals surface area contributed by atoms with Crippen molar-refractivity contribution in [2.24, 2.45) is 0 Å². The van der Waals surface area contributed by atoms with Crippen LogP contribution < -0.4 is 10.1 Å². The highest BCUT2D eigenvalue weighted by atomic mass is 16.5. The Morgan fingerprint density at radius 2 is 2.32 bits per heavy atom. The van der Waals surface area contributed by atoms with E-state index in [1.165, 1.54) is 11.1 Å². The highest BCUT2D eigenvalue weighted by molar-refractivity contribution is 5.81. The summed E-state index contributed by atoms with van der Waals surface area (Å²) in [5.74, 6) is 1.13. The van der Waals surface area contributed by atoms with Gasteiger partial charge in [0.05, 0.1) is 12.6 Å². The van der Waals surface area contributed by atoms with Crippen molar-refractivity contribution in [3.8, 4) is 5.75 Å². The van der Waals surface area contributed by atoms with E-state index in [1.807, 2.05) is 27.0 Å². The Morgan fingerprint density at radius 1 is 1.53 bits per heavy atom. The van der Waals surface area contributed by atoms with Gasteiger partial charge in [-0.05, 0) is 31.0 Å². The van der Waals surface area contributed by atoms with E-state index >= 15 is 0 Å². The first-order valence-electron chi connectivity index (χ1n) is 6.84. The monoisotopic (exact) mass is 262 g/mol. The lowest BCUT2D eigenvalue weighted by Gasteiger charge is -2.20. The molecule has 1 heterocycles. The molecule has 1 N–H and O–H groups in total. The fourth-order valence-corrected chi connectivity index (χ4v) is 2.19. The zero-order valence-electron chi connectivity index (χ0n) is 11.9. The molecule has 0 radical (unpaired) electrons. The molecule has 0 aliphatic carbocycles. The van der Waals surface area contributed by atoms with Crippen molar-refractivity contribution in [1.82, 2.24) is 10.2 Å². The van der Waals surface area contributed by atoms with Gasteiger partial charge in [-0.25, -0.2) is 0 Å². The van der Waals surface area contributed by atoms with E-state index < -0.39 is 0 Å². The van der Waals surface area contributed by atoms with E-state index in [-0.39, 0.29) is 11.9 Å². The second-order valence-corrected chi connectivity index (χ2v) is 5.00. The molecule has 1 aliphatic heterocycles. The molecule has 0 bridgehead atoms. The Labute approximate surface area is 114 Å². The van der Waals surface area contributed by atoms with Crippen molar-refractivity contribution in [2.75, 3.05) is 20.2 Å². The number of amides is 1. The molecule has 1 amide bonds. The summed E-state index contributed by atoms with van der Waals surface area (Å²) in [6, 6.07) is 6.08. The number of rotatable bonds is 5. The maximum atomic E-state index is 11.9. The molecular formula is C15H22N2O2. The van der Waals surface area contributed by atoms with Crippen LogP contribution >= 0.6 is 0 Å². The molecule has 4 heteroatoms. The van der Waals surface area contributed by atoms with Crippen LogP contribution in [0.1, 0.15) is 25.0 Å². The van der Waals surface area contributed by atoms with Gasteiger partial charge in [0.1, 0.15) is 5.75 Å². The number of benzene rings is 1. The number of ether oxygens (including phenoxy) is 1. The van der Waals surface area contributed by atoms with Crippen LogP contribution in [0.25, 0.3) is 0 Å².